The van der Waals surface area contributed by atoms with Crippen molar-refractivity contribution >= 4 is 5.91 Å². The van der Waals surface area contributed by atoms with E-state index in [2.05, 4.69) is 4.98 Å². The molecule has 0 aromatic carbocycles. The fraction of sp³-hybridized carbons (Fsp3) is 0.545. The van der Waals surface area contributed by atoms with Gasteiger partial charge in [-0.3, -0.25) is 4.79 Å². The van der Waals surface area contributed by atoms with Crippen LogP contribution in [-0.2, 0) is 4.74 Å². The van der Waals surface area contributed by atoms with Gasteiger partial charge in [-0.25, -0.2) is 0 Å². The molecule has 1 fully saturated rings. The molecule has 1 aromatic heterocycles. The average molecular weight is 224 g/mol. The van der Waals surface area contributed by atoms with Crippen molar-refractivity contribution < 1.29 is 14.6 Å². The van der Waals surface area contributed by atoms with E-state index in [1.165, 1.54) is 0 Å². The third-order valence-electron chi connectivity index (χ3n) is 2.81. The smallest absolute Gasteiger partial charge is 0.255 e. The maximum Gasteiger partial charge on any atom is 0.255 e. The first-order valence-corrected chi connectivity index (χ1v) is 5.38. The van der Waals surface area contributed by atoms with Crippen LogP contribution in [0, 0.1) is 0 Å². The lowest BCUT2D eigenvalue weighted by Crippen LogP contribution is -2.51. The summed E-state index contributed by atoms with van der Waals surface area (Å²) in [7, 11) is 0. The molecule has 2 atom stereocenters. The molecule has 1 amide bonds. The van der Waals surface area contributed by atoms with Crippen molar-refractivity contribution in [3.05, 3.63) is 24.0 Å². The summed E-state index contributed by atoms with van der Waals surface area (Å²) in [5, 5.41) is 9.04. The number of carbonyl (C=O) groups excluding carboxylic acids is 1. The summed E-state index contributed by atoms with van der Waals surface area (Å²) in [5.74, 6) is -0.0181. The molecule has 0 saturated carbocycles. The second kappa shape index (κ2) is 4.67. The van der Waals surface area contributed by atoms with Gasteiger partial charge in [0.05, 0.1) is 30.9 Å². The second-order valence-electron chi connectivity index (χ2n) is 4.04. The maximum atomic E-state index is 12.1. The van der Waals surface area contributed by atoms with E-state index in [4.69, 9.17) is 9.84 Å². The molecular weight excluding hydrogens is 208 g/mol. The first kappa shape index (κ1) is 11.2. The Balaban J connectivity index is 2.09. The number of nitrogens with one attached hydrogen (secondary N) is 1. The Hall–Kier alpha value is -1.33. The summed E-state index contributed by atoms with van der Waals surface area (Å²) in [4.78, 5) is 16.7. The van der Waals surface area contributed by atoms with Gasteiger partial charge in [0, 0.05) is 18.9 Å². The largest absolute Gasteiger partial charge is 0.394 e. The number of aromatic nitrogens is 1. The summed E-state index contributed by atoms with van der Waals surface area (Å²) >= 11 is 0. The van der Waals surface area contributed by atoms with Crippen LogP contribution in [-0.4, -0.2) is 52.8 Å². The Labute approximate surface area is 94.0 Å². The van der Waals surface area contributed by atoms with E-state index in [1.807, 2.05) is 6.92 Å². The lowest BCUT2D eigenvalue weighted by atomic mass is 10.1. The first-order chi connectivity index (χ1) is 7.72. The molecule has 0 bridgehead atoms. The third kappa shape index (κ3) is 2.10. The lowest BCUT2D eigenvalue weighted by Gasteiger charge is -2.37. The number of hydrogen-bond acceptors (Lipinski definition) is 3. The highest BCUT2D eigenvalue weighted by Gasteiger charge is 2.29. The zero-order chi connectivity index (χ0) is 11.5. The molecular formula is C11H16N2O3. The van der Waals surface area contributed by atoms with Crippen LogP contribution in [0.2, 0.25) is 0 Å². The predicted molar refractivity (Wildman–Crippen MR) is 58.1 cm³/mol. The molecule has 5 heteroatoms. The van der Waals surface area contributed by atoms with Gasteiger partial charge in [-0.1, -0.05) is 0 Å². The van der Waals surface area contributed by atoms with Gasteiger partial charge in [-0.2, -0.15) is 0 Å². The number of amides is 1. The molecule has 1 saturated heterocycles. The summed E-state index contributed by atoms with van der Waals surface area (Å²) in [6, 6.07) is 1.79. The molecule has 88 valence electrons. The molecule has 0 spiro atoms. The summed E-state index contributed by atoms with van der Waals surface area (Å²) < 4.78 is 5.39. The Bertz CT molecular complexity index is 350. The molecule has 0 radical (unpaired) electrons. The van der Waals surface area contributed by atoms with Crippen LogP contribution in [0.4, 0.5) is 0 Å². The van der Waals surface area contributed by atoms with Crippen LogP contribution in [0.5, 0.6) is 0 Å². The number of aliphatic hydroxyl groups excluding tert-OH is 1. The number of nitrogens with zero attached hydrogens (tertiary/aromatic N) is 1. The number of aromatic amines is 1. The molecule has 2 unspecified atom stereocenters. The van der Waals surface area contributed by atoms with Gasteiger partial charge in [-0.15, -0.1) is 0 Å². The highest BCUT2D eigenvalue weighted by atomic mass is 16.5. The van der Waals surface area contributed by atoms with E-state index in [-0.39, 0.29) is 24.7 Å². The Kier molecular flexibility index (Phi) is 3.26. The molecule has 2 heterocycles. The van der Waals surface area contributed by atoms with Crippen molar-refractivity contribution in [1.82, 2.24) is 9.88 Å². The number of morpholine rings is 1. The van der Waals surface area contributed by atoms with Crippen molar-refractivity contribution in [2.24, 2.45) is 0 Å². The number of rotatable bonds is 2. The van der Waals surface area contributed by atoms with Crippen LogP contribution >= 0.6 is 0 Å². The van der Waals surface area contributed by atoms with E-state index >= 15 is 0 Å². The Morgan fingerprint density at radius 3 is 3.19 bits per heavy atom. The predicted octanol–water partition coefficient (Wildman–Crippen LogP) is 0.236. The van der Waals surface area contributed by atoms with Crippen LogP contribution in [0.25, 0.3) is 0 Å². The van der Waals surface area contributed by atoms with Crippen molar-refractivity contribution in [2.75, 3.05) is 19.8 Å². The van der Waals surface area contributed by atoms with E-state index in [1.54, 1.807) is 23.4 Å². The zero-order valence-corrected chi connectivity index (χ0v) is 9.22. The maximum absolute atomic E-state index is 12.1. The van der Waals surface area contributed by atoms with Crippen molar-refractivity contribution in [1.29, 1.82) is 0 Å². The van der Waals surface area contributed by atoms with E-state index in [9.17, 15) is 4.79 Å². The van der Waals surface area contributed by atoms with Crippen LogP contribution in [0.1, 0.15) is 17.3 Å². The highest BCUT2D eigenvalue weighted by molar-refractivity contribution is 5.94. The van der Waals surface area contributed by atoms with E-state index in [0.29, 0.717) is 18.7 Å². The van der Waals surface area contributed by atoms with Crippen molar-refractivity contribution in [3.63, 3.8) is 0 Å². The van der Waals surface area contributed by atoms with Crippen LogP contribution in [0.15, 0.2) is 18.5 Å². The number of aliphatic hydroxyl groups is 1. The van der Waals surface area contributed by atoms with Crippen LogP contribution in [0.3, 0.4) is 0 Å². The summed E-state index contributed by atoms with van der Waals surface area (Å²) in [6.07, 6.45) is 3.14. The Morgan fingerprint density at radius 2 is 2.56 bits per heavy atom. The van der Waals surface area contributed by atoms with Gasteiger partial charge in [0.1, 0.15) is 0 Å². The monoisotopic (exact) mass is 224 g/mol. The second-order valence-corrected chi connectivity index (χ2v) is 4.04. The van der Waals surface area contributed by atoms with Gasteiger partial charge in [0.15, 0.2) is 0 Å². The van der Waals surface area contributed by atoms with Crippen molar-refractivity contribution in [2.45, 2.75) is 19.1 Å². The molecule has 5 nitrogen and oxygen atoms in total. The minimum atomic E-state index is -0.265. The molecule has 1 aromatic rings. The SMILES string of the molecule is CC1COC(CO)CN1C(=O)c1cc[nH]c1. The van der Waals surface area contributed by atoms with Crippen LogP contribution < -0.4 is 0 Å². The minimum Gasteiger partial charge on any atom is -0.394 e. The summed E-state index contributed by atoms with van der Waals surface area (Å²) in [5.41, 5.74) is 0.644. The van der Waals surface area contributed by atoms with Gasteiger partial charge in [0.2, 0.25) is 0 Å². The summed E-state index contributed by atoms with van der Waals surface area (Å²) in [6.45, 7) is 2.81. The number of H-pyrrole nitrogens is 1. The van der Waals surface area contributed by atoms with Gasteiger partial charge in [-0.05, 0) is 13.0 Å². The number of hydrogen-bond donors (Lipinski definition) is 2. The highest BCUT2D eigenvalue weighted by Crippen LogP contribution is 2.15. The molecule has 0 aliphatic carbocycles. The molecule has 1 aliphatic rings. The molecule has 2 rings (SSSR count). The fourth-order valence-corrected chi connectivity index (χ4v) is 1.83. The van der Waals surface area contributed by atoms with Gasteiger partial charge < -0.3 is 19.7 Å². The molecule has 16 heavy (non-hydrogen) atoms. The Morgan fingerprint density at radius 1 is 1.75 bits per heavy atom. The quantitative estimate of drug-likeness (QED) is 0.756. The molecule has 2 N–H and O–H groups in total. The minimum absolute atomic E-state index is 0.0181. The topological polar surface area (TPSA) is 65.6 Å². The number of carbonyl (C=O) groups is 1. The fourth-order valence-electron chi connectivity index (χ4n) is 1.83. The average Bonchev–Trinajstić information content (AvgIpc) is 2.82. The van der Waals surface area contributed by atoms with Gasteiger partial charge >= 0.3 is 0 Å². The first-order valence-electron chi connectivity index (χ1n) is 5.38. The van der Waals surface area contributed by atoms with E-state index in [0.717, 1.165) is 0 Å². The van der Waals surface area contributed by atoms with Gasteiger partial charge in [0.25, 0.3) is 5.91 Å². The number of ether oxygens (including phenoxy) is 1. The molecule has 1 aliphatic heterocycles. The van der Waals surface area contributed by atoms with E-state index < -0.39 is 0 Å². The lowest BCUT2D eigenvalue weighted by molar-refractivity contribution is -0.0667. The van der Waals surface area contributed by atoms with Crippen molar-refractivity contribution in [3.8, 4) is 0 Å². The normalized spacial score (nSPS) is 25.8. The third-order valence-corrected chi connectivity index (χ3v) is 2.81. The zero-order valence-electron chi connectivity index (χ0n) is 9.22. The standard InChI is InChI=1S/C11H16N2O3/c1-8-7-16-10(6-14)5-13(8)11(15)9-2-3-12-4-9/h2-4,8,10,12,14H,5-7H2,1H3.